The van der Waals surface area contributed by atoms with E-state index in [-0.39, 0.29) is 35.4 Å². The molecule has 0 unspecified atom stereocenters. The summed E-state index contributed by atoms with van der Waals surface area (Å²) >= 11 is 0. The highest BCUT2D eigenvalue weighted by Crippen LogP contribution is 2.73. The Bertz CT molecular complexity index is 990. The van der Waals surface area contributed by atoms with E-state index in [1.165, 1.54) is 0 Å². The standard InChI is InChI=1S/C27H36O6/c1-14-13-27(32)18(19(14)33-22(30)15-9-7-6-8-10-15)21(29)25(4)12-11-16-17(20(28)24(16,2)3)26(25,5)23(27)31/h6-10,14,16-21,28-29,32H,11-13H2,1-5H3/t14-,16+,17-,18+,19-,20+,21+,25-,26+,27+/m0/s1. The van der Waals surface area contributed by atoms with Crippen LogP contribution < -0.4 is 0 Å². The Hall–Kier alpha value is -1.76. The van der Waals surface area contributed by atoms with Crippen molar-refractivity contribution in [3.63, 3.8) is 0 Å². The Labute approximate surface area is 195 Å². The topological polar surface area (TPSA) is 104 Å². The van der Waals surface area contributed by atoms with Gasteiger partial charge in [0.05, 0.1) is 23.7 Å². The molecular formula is C27H36O6. The highest BCUT2D eigenvalue weighted by Gasteiger charge is 2.80. The predicted octanol–water partition coefficient (Wildman–Crippen LogP) is 2.98. The summed E-state index contributed by atoms with van der Waals surface area (Å²) < 4.78 is 5.88. The van der Waals surface area contributed by atoms with Crippen molar-refractivity contribution in [3.05, 3.63) is 35.9 Å². The van der Waals surface area contributed by atoms with E-state index in [2.05, 4.69) is 0 Å². The van der Waals surface area contributed by atoms with E-state index < -0.39 is 46.6 Å². The Morgan fingerprint density at radius 3 is 2.30 bits per heavy atom. The second-order valence-corrected chi connectivity index (χ2v) is 12.2. The van der Waals surface area contributed by atoms with Gasteiger partial charge in [-0.05, 0) is 48.6 Å². The maximum Gasteiger partial charge on any atom is 0.338 e. The van der Waals surface area contributed by atoms with E-state index in [1.54, 1.807) is 24.3 Å². The molecule has 10 atom stereocenters. The van der Waals surface area contributed by atoms with Crippen LogP contribution in [0.4, 0.5) is 0 Å². The minimum atomic E-state index is -1.80. The van der Waals surface area contributed by atoms with Gasteiger partial charge in [0.25, 0.3) is 0 Å². The minimum absolute atomic E-state index is 0.128. The number of aliphatic hydroxyl groups is 3. The van der Waals surface area contributed by atoms with Crippen molar-refractivity contribution in [1.29, 1.82) is 0 Å². The van der Waals surface area contributed by atoms with Crippen molar-refractivity contribution in [3.8, 4) is 0 Å². The molecule has 4 aliphatic rings. The maximum absolute atomic E-state index is 14.2. The quantitative estimate of drug-likeness (QED) is 0.591. The summed E-state index contributed by atoms with van der Waals surface area (Å²) in [5.41, 5.74) is -3.59. The van der Waals surface area contributed by atoms with Crippen LogP contribution in [-0.2, 0) is 9.53 Å². The average Bonchev–Trinajstić information content (AvgIpc) is 3.04. The zero-order chi connectivity index (χ0) is 24.1. The van der Waals surface area contributed by atoms with Crippen LogP contribution in [0, 0.1) is 39.9 Å². The summed E-state index contributed by atoms with van der Waals surface area (Å²) in [5, 5.41) is 34.7. The fourth-order valence-corrected chi connectivity index (χ4v) is 8.33. The van der Waals surface area contributed by atoms with Crippen molar-refractivity contribution >= 4 is 11.8 Å². The van der Waals surface area contributed by atoms with E-state index in [4.69, 9.17) is 4.74 Å². The highest BCUT2D eigenvalue weighted by atomic mass is 16.5. The molecule has 0 amide bonds. The molecule has 0 heterocycles. The summed E-state index contributed by atoms with van der Waals surface area (Å²) in [6.45, 7) is 9.68. The highest BCUT2D eigenvalue weighted by molar-refractivity contribution is 5.96. The van der Waals surface area contributed by atoms with Gasteiger partial charge in [0.1, 0.15) is 11.7 Å². The number of rotatable bonds is 2. The van der Waals surface area contributed by atoms with Gasteiger partial charge in [-0.25, -0.2) is 4.79 Å². The van der Waals surface area contributed by atoms with Gasteiger partial charge >= 0.3 is 5.97 Å². The summed E-state index contributed by atoms with van der Waals surface area (Å²) in [5.74, 6) is -2.16. The van der Waals surface area contributed by atoms with Crippen LogP contribution in [0.2, 0.25) is 0 Å². The summed E-state index contributed by atoms with van der Waals surface area (Å²) in [6.07, 6.45) is -0.935. The molecule has 4 aliphatic carbocycles. The normalized spacial score (nSPS) is 49.9. The van der Waals surface area contributed by atoms with Gasteiger partial charge in [0.2, 0.25) is 0 Å². The Morgan fingerprint density at radius 1 is 1.03 bits per heavy atom. The number of hydrogen-bond donors (Lipinski definition) is 3. The van der Waals surface area contributed by atoms with Gasteiger partial charge in [0, 0.05) is 16.7 Å². The number of hydrogen-bond acceptors (Lipinski definition) is 6. The van der Waals surface area contributed by atoms with Gasteiger partial charge in [-0.3, -0.25) is 4.79 Å². The summed E-state index contributed by atoms with van der Waals surface area (Å²) in [7, 11) is 0. The average molecular weight is 457 g/mol. The van der Waals surface area contributed by atoms with E-state index in [1.807, 2.05) is 40.7 Å². The number of esters is 1. The van der Waals surface area contributed by atoms with Crippen LogP contribution in [0.25, 0.3) is 0 Å². The fourth-order valence-electron chi connectivity index (χ4n) is 8.33. The van der Waals surface area contributed by atoms with Crippen molar-refractivity contribution in [2.75, 3.05) is 0 Å². The first-order chi connectivity index (χ1) is 15.3. The van der Waals surface area contributed by atoms with Crippen LogP contribution in [0.1, 0.15) is 64.2 Å². The number of carbonyl (C=O) groups is 2. The molecular weight excluding hydrogens is 420 g/mol. The fraction of sp³-hybridized carbons (Fsp3) is 0.704. The number of aliphatic hydroxyl groups excluding tert-OH is 2. The third kappa shape index (κ3) is 2.60. The molecule has 1 aromatic rings. The third-order valence-corrected chi connectivity index (χ3v) is 10.5. The number of carbonyl (C=O) groups excluding carboxylic acids is 2. The lowest BCUT2D eigenvalue weighted by atomic mass is 9.32. The van der Waals surface area contributed by atoms with Gasteiger partial charge in [-0.15, -0.1) is 0 Å². The van der Waals surface area contributed by atoms with Crippen LogP contribution in [0.15, 0.2) is 30.3 Å². The second kappa shape index (κ2) is 6.89. The van der Waals surface area contributed by atoms with Crippen LogP contribution >= 0.6 is 0 Å². The molecule has 33 heavy (non-hydrogen) atoms. The first-order valence-electron chi connectivity index (χ1n) is 12.2. The molecule has 0 aliphatic heterocycles. The first-order valence-corrected chi connectivity index (χ1v) is 12.2. The lowest BCUT2D eigenvalue weighted by Crippen LogP contribution is -2.78. The predicted molar refractivity (Wildman–Crippen MR) is 121 cm³/mol. The second-order valence-electron chi connectivity index (χ2n) is 12.2. The number of benzene rings is 1. The molecule has 0 aromatic heterocycles. The first kappa shape index (κ1) is 23.0. The van der Waals surface area contributed by atoms with Crippen LogP contribution in [0.3, 0.4) is 0 Å². The molecule has 0 radical (unpaired) electrons. The Kier molecular flexibility index (Phi) is 4.81. The van der Waals surface area contributed by atoms with E-state index in [0.29, 0.717) is 12.0 Å². The summed E-state index contributed by atoms with van der Waals surface area (Å²) in [6, 6.07) is 8.64. The van der Waals surface area contributed by atoms with Gasteiger partial charge in [-0.1, -0.05) is 52.8 Å². The number of fused-ring (bicyclic) bond motifs is 4. The zero-order valence-corrected chi connectivity index (χ0v) is 20.1. The smallest absolute Gasteiger partial charge is 0.338 e. The molecule has 1 aromatic carbocycles. The molecule has 0 spiro atoms. The molecule has 4 fully saturated rings. The Balaban J connectivity index is 1.53. The molecule has 0 bridgehead atoms. The summed E-state index contributed by atoms with van der Waals surface area (Å²) in [4.78, 5) is 27.1. The van der Waals surface area contributed by atoms with E-state index >= 15 is 0 Å². The van der Waals surface area contributed by atoms with Gasteiger partial charge < -0.3 is 20.1 Å². The van der Waals surface area contributed by atoms with Crippen LogP contribution in [0.5, 0.6) is 0 Å². The lowest BCUT2D eigenvalue weighted by molar-refractivity contribution is -0.293. The van der Waals surface area contributed by atoms with Crippen molar-refractivity contribution in [2.45, 2.75) is 77.8 Å². The van der Waals surface area contributed by atoms with Crippen molar-refractivity contribution < 1.29 is 29.6 Å². The SMILES string of the molecule is C[C@H]1C[C@]2(O)C(=O)[C@@]3(C)[C@@H]4[C@@H](O)C(C)(C)[C@@H]4CC[C@@]3(C)[C@H](O)[C@H]2[C@H]1OC(=O)c1ccccc1. The van der Waals surface area contributed by atoms with Crippen LogP contribution in [-0.4, -0.2) is 51.0 Å². The minimum Gasteiger partial charge on any atom is -0.458 e. The monoisotopic (exact) mass is 456 g/mol. The molecule has 180 valence electrons. The number of Topliss-reactive ketones (excluding diaryl/α,β-unsaturated/α-hetero) is 1. The number of ketones is 1. The Morgan fingerprint density at radius 2 is 1.67 bits per heavy atom. The third-order valence-electron chi connectivity index (χ3n) is 10.5. The molecule has 6 heteroatoms. The molecule has 4 saturated carbocycles. The maximum atomic E-state index is 14.2. The van der Waals surface area contributed by atoms with E-state index in [0.717, 1.165) is 6.42 Å². The van der Waals surface area contributed by atoms with Gasteiger partial charge in [0.15, 0.2) is 5.78 Å². The van der Waals surface area contributed by atoms with Crippen molar-refractivity contribution in [2.24, 2.45) is 39.9 Å². The van der Waals surface area contributed by atoms with E-state index in [9.17, 15) is 24.9 Å². The number of ether oxygens (including phenoxy) is 1. The van der Waals surface area contributed by atoms with Gasteiger partial charge in [-0.2, -0.15) is 0 Å². The largest absolute Gasteiger partial charge is 0.458 e. The zero-order valence-electron chi connectivity index (χ0n) is 20.1. The molecule has 5 rings (SSSR count). The molecule has 6 nitrogen and oxygen atoms in total. The molecule has 3 N–H and O–H groups in total. The van der Waals surface area contributed by atoms with Crippen molar-refractivity contribution in [1.82, 2.24) is 0 Å². The lowest BCUT2D eigenvalue weighted by Gasteiger charge is -2.72. The molecule has 0 saturated heterocycles.